The first-order valence-electron chi connectivity index (χ1n) is 9.61. The molecule has 1 fully saturated rings. The van der Waals surface area contributed by atoms with E-state index in [0.29, 0.717) is 51.4 Å². The molecule has 29 heavy (non-hydrogen) atoms. The second-order valence-corrected chi connectivity index (χ2v) is 8.84. The summed E-state index contributed by atoms with van der Waals surface area (Å²) >= 11 is 0. The van der Waals surface area contributed by atoms with E-state index in [2.05, 4.69) is 15.6 Å². The van der Waals surface area contributed by atoms with Crippen molar-refractivity contribution in [3.63, 3.8) is 0 Å². The molecule has 0 saturated carbocycles. The van der Waals surface area contributed by atoms with Crippen LogP contribution in [0.25, 0.3) is 0 Å². The summed E-state index contributed by atoms with van der Waals surface area (Å²) in [6.07, 6.45) is 2.05. The third-order valence-electron chi connectivity index (χ3n) is 4.54. The third-order valence-corrected chi connectivity index (χ3v) is 6.61. The number of sulfonamides is 1. The molecule has 1 aromatic rings. The van der Waals surface area contributed by atoms with Gasteiger partial charge in [-0.1, -0.05) is 19.1 Å². The van der Waals surface area contributed by atoms with Crippen LogP contribution in [-0.2, 0) is 16.6 Å². The van der Waals surface area contributed by atoms with Gasteiger partial charge >= 0.3 is 0 Å². The van der Waals surface area contributed by atoms with Crippen LogP contribution in [0.4, 0.5) is 5.69 Å². The van der Waals surface area contributed by atoms with Gasteiger partial charge in [0.2, 0.25) is 10.0 Å². The fourth-order valence-corrected chi connectivity index (χ4v) is 4.66. The second kappa shape index (κ2) is 12.3. The maximum absolute atomic E-state index is 12.2. The molecular formula is C18H30IN5O4S. The Hall–Kier alpha value is -1.47. The summed E-state index contributed by atoms with van der Waals surface area (Å²) in [5.74, 6) is 0.821. The number of hydrogen-bond acceptors (Lipinski definition) is 5. The van der Waals surface area contributed by atoms with Crippen molar-refractivity contribution >= 4 is 45.6 Å². The van der Waals surface area contributed by atoms with Gasteiger partial charge in [0.15, 0.2) is 5.96 Å². The van der Waals surface area contributed by atoms with Gasteiger partial charge in [-0.15, -0.1) is 24.0 Å². The summed E-state index contributed by atoms with van der Waals surface area (Å²) in [6, 6.07) is 6.56. The average Bonchev–Trinajstić information content (AvgIpc) is 2.67. The normalized spacial score (nSPS) is 16.1. The van der Waals surface area contributed by atoms with Crippen molar-refractivity contribution in [2.75, 3.05) is 25.4 Å². The Bertz CT molecular complexity index is 795. The van der Waals surface area contributed by atoms with Crippen molar-refractivity contribution in [1.29, 1.82) is 0 Å². The summed E-state index contributed by atoms with van der Waals surface area (Å²) in [6.45, 7) is 5.84. The molecule has 0 amide bonds. The molecule has 9 nitrogen and oxygen atoms in total. The molecule has 0 aliphatic carbocycles. The van der Waals surface area contributed by atoms with Crippen LogP contribution in [0.15, 0.2) is 29.3 Å². The van der Waals surface area contributed by atoms with Gasteiger partial charge in [-0.3, -0.25) is 10.1 Å². The molecule has 0 radical (unpaired) electrons. The molecule has 1 saturated heterocycles. The van der Waals surface area contributed by atoms with Crippen molar-refractivity contribution < 1.29 is 13.3 Å². The number of aliphatic imine (C=N–C) groups is 1. The number of halogens is 1. The number of guanidine groups is 1. The molecule has 164 valence electrons. The fourth-order valence-electron chi connectivity index (χ4n) is 3.12. The number of benzene rings is 1. The van der Waals surface area contributed by atoms with E-state index in [0.717, 1.165) is 5.56 Å². The molecule has 2 rings (SSSR count). The number of rotatable bonds is 8. The highest BCUT2D eigenvalue weighted by atomic mass is 127. The first-order valence-corrected chi connectivity index (χ1v) is 11.2. The number of non-ortho nitro benzene ring substituents is 1. The highest BCUT2D eigenvalue weighted by Gasteiger charge is 2.27. The monoisotopic (exact) mass is 539 g/mol. The average molecular weight is 539 g/mol. The van der Waals surface area contributed by atoms with Crippen LogP contribution in [0.1, 0.15) is 38.7 Å². The summed E-state index contributed by atoms with van der Waals surface area (Å²) in [4.78, 5) is 15.0. The molecule has 2 N–H and O–H groups in total. The van der Waals surface area contributed by atoms with E-state index in [4.69, 9.17) is 0 Å². The van der Waals surface area contributed by atoms with Gasteiger partial charge in [0.25, 0.3) is 5.69 Å². The topological polar surface area (TPSA) is 117 Å². The number of hydrogen-bond donors (Lipinski definition) is 2. The lowest BCUT2D eigenvalue weighted by Gasteiger charge is -2.32. The van der Waals surface area contributed by atoms with E-state index in [-0.39, 0.29) is 41.5 Å². The first-order chi connectivity index (χ1) is 13.4. The zero-order valence-corrected chi connectivity index (χ0v) is 20.0. The van der Waals surface area contributed by atoms with E-state index < -0.39 is 14.9 Å². The lowest BCUT2D eigenvalue weighted by molar-refractivity contribution is -0.384. The molecule has 0 bridgehead atoms. The minimum Gasteiger partial charge on any atom is -0.357 e. The molecular weight excluding hydrogens is 509 g/mol. The molecule has 0 atom stereocenters. The summed E-state index contributed by atoms with van der Waals surface area (Å²) in [5.41, 5.74) is 0.804. The van der Waals surface area contributed by atoms with Crippen molar-refractivity contribution in [2.24, 2.45) is 4.99 Å². The lowest BCUT2D eigenvalue weighted by atomic mass is 10.1. The minimum atomic E-state index is -3.15. The van der Waals surface area contributed by atoms with E-state index in [9.17, 15) is 18.5 Å². The van der Waals surface area contributed by atoms with Crippen LogP contribution in [0, 0.1) is 10.1 Å². The zero-order valence-electron chi connectivity index (χ0n) is 16.8. The van der Waals surface area contributed by atoms with Gasteiger partial charge in [-0.05, 0) is 31.7 Å². The van der Waals surface area contributed by atoms with Crippen molar-refractivity contribution in [3.05, 3.63) is 39.9 Å². The lowest BCUT2D eigenvalue weighted by Crippen LogP contribution is -2.50. The Morgan fingerprint density at radius 2 is 2.00 bits per heavy atom. The van der Waals surface area contributed by atoms with Gasteiger partial charge in [0, 0.05) is 37.8 Å². The fraction of sp³-hybridized carbons (Fsp3) is 0.611. The molecule has 0 aromatic heterocycles. The summed E-state index contributed by atoms with van der Waals surface area (Å²) < 4.78 is 25.9. The summed E-state index contributed by atoms with van der Waals surface area (Å²) in [7, 11) is -3.15. The van der Waals surface area contributed by atoms with Crippen molar-refractivity contribution in [2.45, 2.75) is 45.7 Å². The van der Waals surface area contributed by atoms with Crippen LogP contribution in [0.5, 0.6) is 0 Å². The predicted octanol–water partition coefficient (Wildman–Crippen LogP) is 2.47. The molecule has 1 aliphatic rings. The number of nitro groups is 1. The van der Waals surface area contributed by atoms with Crippen LogP contribution in [0.3, 0.4) is 0 Å². The van der Waals surface area contributed by atoms with Gasteiger partial charge in [-0.2, -0.15) is 0 Å². The Labute approximate surface area is 189 Å². The maximum Gasteiger partial charge on any atom is 0.269 e. The Morgan fingerprint density at radius 3 is 2.59 bits per heavy atom. The minimum absolute atomic E-state index is 0. The molecule has 0 unspecified atom stereocenters. The molecule has 11 heteroatoms. The Morgan fingerprint density at radius 1 is 1.31 bits per heavy atom. The molecule has 1 aliphatic heterocycles. The van der Waals surface area contributed by atoms with Gasteiger partial charge in [-0.25, -0.2) is 17.7 Å². The smallest absolute Gasteiger partial charge is 0.269 e. The maximum atomic E-state index is 12.2. The van der Waals surface area contributed by atoms with E-state index in [1.54, 1.807) is 16.4 Å². The molecule has 0 spiro atoms. The third kappa shape index (κ3) is 8.05. The van der Waals surface area contributed by atoms with Gasteiger partial charge in [0.05, 0.1) is 17.2 Å². The zero-order chi connectivity index (χ0) is 20.6. The van der Waals surface area contributed by atoms with Crippen molar-refractivity contribution in [3.8, 4) is 0 Å². The second-order valence-electron chi connectivity index (χ2n) is 6.76. The summed E-state index contributed by atoms with van der Waals surface area (Å²) in [5, 5.41) is 17.4. The van der Waals surface area contributed by atoms with Crippen molar-refractivity contribution in [1.82, 2.24) is 14.9 Å². The van der Waals surface area contributed by atoms with E-state index in [1.165, 1.54) is 12.1 Å². The number of nitrogens with one attached hydrogen (secondary N) is 2. The SMILES string of the molecule is CCCS(=O)(=O)N1CCC(NC(=NCc2cccc([N+](=O)[O-])c2)NCC)CC1.I. The van der Waals surface area contributed by atoms with Crippen LogP contribution >= 0.6 is 24.0 Å². The van der Waals surface area contributed by atoms with Crippen LogP contribution in [0.2, 0.25) is 0 Å². The highest BCUT2D eigenvalue weighted by molar-refractivity contribution is 14.0. The van der Waals surface area contributed by atoms with Gasteiger partial charge in [0.1, 0.15) is 0 Å². The largest absolute Gasteiger partial charge is 0.357 e. The van der Waals surface area contributed by atoms with E-state index >= 15 is 0 Å². The Kier molecular flexibility index (Phi) is 10.8. The number of nitro benzene ring substituents is 1. The highest BCUT2D eigenvalue weighted by Crippen LogP contribution is 2.16. The Balaban J connectivity index is 0.00000420. The first kappa shape index (κ1) is 25.6. The predicted molar refractivity (Wildman–Crippen MR) is 125 cm³/mol. The number of piperidine rings is 1. The van der Waals surface area contributed by atoms with Crippen LogP contribution < -0.4 is 10.6 Å². The molecule has 1 aromatic carbocycles. The number of nitrogens with zero attached hydrogens (tertiary/aromatic N) is 3. The molecule has 1 heterocycles. The quantitative estimate of drug-likeness (QED) is 0.172. The van der Waals surface area contributed by atoms with Crippen LogP contribution in [-0.4, -0.2) is 55.0 Å². The standard InChI is InChI=1S/C18H29N5O4S.HI/c1-3-12-28(26,27)22-10-8-16(9-11-22)21-18(19-4-2)20-14-15-6-5-7-17(13-15)23(24)25;/h5-7,13,16H,3-4,8-12,14H2,1-2H3,(H2,19,20,21);1H. The van der Waals surface area contributed by atoms with Gasteiger partial charge < -0.3 is 10.6 Å². The van der Waals surface area contributed by atoms with E-state index in [1.807, 2.05) is 13.8 Å².